The van der Waals surface area contributed by atoms with E-state index in [9.17, 15) is 19.5 Å². The monoisotopic (exact) mass is 616 g/mol. The van der Waals surface area contributed by atoms with E-state index in [0.29, 0.717) is 35.7 Å². The van der Waals surface area contributed by atoms with Gasteiger partial charge in [-0.3, -0.25) is 19.4 Å². The van der Waals surface area contributed by atoms with Crippen molar-refractivity contribution >= 4 is 23.4 Å². The van der Waals surface area contributed by atoms with E-state index < -0.39 is 6.04 Å². The fourth-order valence-electron chi connectivity index (χ4n) is 5.32. The van der Waals surface area contributed by atoms with Crippen LogP contribution in [0.3, 0.4) is 0 Å². The van der Waals surface area contributed by atoms with E-state index in [1.54, 1.807) is 78.6 Å². The van der Waals surface area contributed by atoms with E-state index >= 15 is 0 Å². The molecule has 1 aromatic heterocycles. The van der Waals surface area contributed by atoms with Gasteiger partial charge in [-0.1, -0.05) is 25.1 Å². The molecule has 1 aliphatic heterocycles. The molecule has 2 heterocycles. The maximum atomic E-state index is 14.3. The van der Waals surface area contributed by atoms with Gasteiger partial charge in [-0.25, -0.2) is 0 Å². The van der Waals surface area contributed by atoms with Crippen LogP contribution in [0.25, 0.3) is 0 Å². The van der Waals surface area contributed by atoms with Gasteiger partial charge in [0.15, 0.2) is 0 Å². The van der Waals surface area contributed by atoms with Crippen LogP contribution in [0.5, 0.6) is 5.75 Å². The number of likely N-dealkylation sites (N-methyl/N-ethyl adjacent to an activating group) is 1. The van der Waals surface area contributed by atoms with Gasteiger partial charge in [0.25, 0.3) is 17.7 Å². The molecule has 0 bridgehead atoms. The van der Waals surface area contributed by atoms with Crippen molar-refractivity contribution < 1.29 is 29.0 Å². The standard InChI is InChI=1S/C35H44N4O6/c1-24-21-39(25(2)23-40)35(43)30-20-29(37-33(41)27-15-17-36-18-16-27)13-14-31(30)45-26(3)10-8-9-19-44-32(24)22-38(4)34(42)28-11-6-5-7-12-28/h5-7,11-18,20,24-26,32,40H,8-10,19,21-23H2,1-4H3,(H,37,41)/t24-,25+,26+,32-/m0/s1. The van der Waals surface area contributed by atoms with Crippen molar-refractivity contribution in [1.82, 2.24) is 14.8 Å². The fourth-order valence-corrected chi connectivity index (χ4v) is 5.32. The Morgan fingerprint density at radius 2 is 1.80 bits per heavy atom. The van der Waals surface area contributed by atoms with E-state index in [1.165, 1.54) is 0 Å². The summed E-state index contributed by atoms with van der Waals surface area (Å²) in [6.07, 6.45) is 4.97. The van der Waals surface area contributed by atoms with Gasteiger partial charge in [0, 0.05) is 61.9 Å². The SMILES string of the molecule is C[C@@H]1CCCCO[C@@H](CN(C)C(=O)c2ccccc2)[C@@H](C)CN([C@H](C)CO)C(=O)c2cc(NC(=O)c3ccncc3)ccc2O1. The molecule has 4 rings (SSSR count). The third kappa shape index (κ3) is 9.12. The lowest BCUT2D eigenvalue weighted by Gasteiger charge is -2.36. The Bertz CT molecular complexity index is 1420. The number of carbonyl (C=O) groups is 3. The molecule has 0 aliphatic carbocycles. The Labute approximate surface area is 265 Å². The molecule has 2 N–H and O–H groups in total. The number of aliphatic hydroxyl groups is 1. The molecule has 3 amide bonds. The first-order valence-electron chi connectivity index (χ1n) is 15.5. The van der Waals surface area contributed by atoms with Crippen LogP contribution >= 0.6 is 0 Å². The molecule has 0 saturated carbocycles. The summed E-state index contributed by atoms with van der Waals surface area (Å²) in [6, 6.07) is 16.9. The van der Waals surface area contributed by atoms with Crippen LogP contribution in [0.4, 0.5) is 5.69 Å². The van der Waals surface area contributed by atoms with Gasteiger partial charge >= 0.3 is 0 Å². The van der Waals surface area contributed by atoms with Gasteiger partial charge in [0.05, 0.1) is 30.4 Å². The largest absolute Gasteiger partial charge is 0.490 e. The lowest BCUT2D eigenvalue weighted by molar-refractivity contribution is -0.0149. The van der Waals surface area contributed by atoms with Gasteiger partial charge in [-0.05, 0) is 75.6 Å². The first-order valence-corrected chi connectivity index (χ1v) is 15.5. The normalized spacial score (nSPS) is 20.2. The zero-order valence-electron chi connectivity index (χ0n) is 26.5. The third-order valence-electron chi connectivity index (χ3n) is 8.07. The molecule has 45 heavy (non-hydrogen) atoms. The second kappa shape index (κ2) is 16.2. The summed E-state index contributed by atoms with van der Waals surface area (Å²) in [5.74, 6) is -0.549. The molecule has 240 valence electrons. The molecule has 0 spiro atoms. The summed E-state index contributed by atoms with van der Waals surface area (Å²) in [7, 11) is 1.76. The van der Waals surface area contributed by atoms with Crippen molar-refractivity contribution in [3.63, 3.8) is 0 Å². The Balaban J connectivity index is 1.63. The number of amides is 3. The van der Waals surface area contributed by atoms with Crippen LogP contribution in [0.2, 0.25) is 0 Å². The predicted molar refractivity (Wildman–Crippen MR) is 172 cm³/mol. The summed E-state index contributed by atoms with van der Waals surface area (Å²) >= 11 is 0. The van der Waals surface area contributed by atoms with Crippen LogP contribution in [-0.4, -0.2) is 89.2 Å². The van der Waals surface area contributed by atoms with E-state index in [4.69, 9.17) is 9.47 Å². The Morgan fingerprint density at radius 1 is 1.07 bits per heavy atom. The minimum absolute atomic E-state index is 0.108. The number of aromatic nitrogens is 1. The molecule has 2 aromatic carbocycles. The number of nitrogens with one attached hydrogen (secondary N) is 1. The Morgan fingerprint density at radius 3 is 2.51 bits per heavy atom. The lowest BCUT2D eigenvalue weighted by Crippen LogP contribution is -2.48. The van der Waals surface area contributed by atoms with Crippen molar-refractivity contribution in [2.24, 2.45) is 5.92 Å². The maximum Gasteiger partial charge on any atom is 0.258 e. The highest BCUT2D eigenvalue weighted by atomic mass is 16.5. The molecule has 0 unspecified atom stereocenters. The first kappa shape index (κ1) is 33.6. The molecule has 10 nitrogen and oxygen atoms in total. The molecule has 3 aromatic rings. The van der Waals surface area contributed by atoms with Crippen LogP contribution in [0, 0.1) is 5.92 Å². The van der Waals surface area contributed by atoms with Crippen molar-refractivity contribution in [2.45, 2.75) is 58.3 Å². The quantitative estimate of drug-likeness (QED) is 0.387. The zero-order valence-corrected chi connectivity index (χ0v) is 26.5. The maximum absolute atomic E-state index is 14.3. The summed E-state index contributed by atoms with van der Waals surface area (Å²) in [5.41, 5.74) is 1.75. The van der Waals surface area contributed by atoms with Gasteiger partial charge < -0.3 is 29.7 Å². The molecular formula is C35H44N4O6. The van der Waals surface area contributed by atoms with Crippen LogP contribution in [-0.2, 0) is 4.74 Å². The third-order valence-corrected chi connectivity index (χ3v) is 8.07. The van der Waals surface area contributed by atoms with Crippen LogP contribution in [0.1, 0.15) is 71.1 Å². The Kier molecular flexibility index (Phi) is 12.1. The van der Waals surface area contributed by atoms with Crippen LogP contribution in [0.15, 0.2) is 73.1 Å². The summed E-state index contributed by atoms with van der Waals surface area (Å²) in [4.78, 5) is 47.6. The molecule has 10 heteroatoms. The first-order chi connectivity index (χ1) is 21.7. The van der Waals surface area contributed by atoms with E-state index in [-0.39, 0.29) is 54.6 Å². The van der Waals surface area contributed by atoms with Gasteiger partial charge in [-0.2, -0.15) is 0 Å². The van der Waals surface area contributed by atoms with E-state index in [0.717, 1.165) is 19.3 Å². The number of pyridine rings is 1. The lowest BCUT2D eigenvalue weighted by atomic mass is 10.0. The number of rotatable bonds is 7. The summed E-state index contributed by atoms with van der Waals surface area (Å²) in [6.45, 7) is 6.60. The molecule has 0 fully saturated rings. The number of ether oxygens (including phenoxy) is 2. The number of fused-ring (bicyclic) bond motifs is 1. The average Bonchev–Trinajstić information content (AvgIpc) is 3.06. The molecule has 0 radical (unpaired) electrons. The van der Waals surface area contributed by atoms with Gasteiger partial charge in [-0.15, -0.1) is 0 Å². The van der Waals surface area contributed by atoms with Crippen molar-refractivity contribution in [2.75, 3.05) is 38.7 Å². The van der Waals surface area contributed by atoms with Gasteiger partial charge in [0.2, 0.25) is 0 Å². The summed E-state index contributed by atoms with van der Waals surface area (Å²) < 4.78 is 12.6. The van der Waals surface area contributed by atoms with Crippen molar-refractivity contribution in [3.05, 3.63) is 89.7 Å². The number of carbonyl (C=O) groups excluding carboxylic acids is 3. The minimum Gasteiger partial charge on any atom is -0.490 e. The highest BCUT2D eigenvalue weighted by Crippen LogP contribution is 2.29. The van der Waals surface area contributed by atoms with E-state index in [1.807, 2.05) is 32.0 Å². The molecule has 1 aliphatic rings. The molecular weight excluding hydrogens is 572 g/mol. The van der Waals surface area contributed by atoms with Gasteiger partial charge in [0.1, 0.15) is 5.75 Å². The number of hydrogen-bond donors (Lipinski definition) is 2. The average molecular weight is 617 g/mol. The highest BCUT2D eigenvalue weighted by Gasteiger charge is 2.31. The zero-order chi connectivity index (χ0) is 32.3. The smallest absolute Gasteiger partial charge is 0.258 e. The Hall–Kier alpha value is -4.28. The van der Waals surface area contributed by atoms with E-state index in [2.05, 4.69) is 10.3 Å². The minimum atomic E-state index is -0.516. The van der Waals surface area contributed by atoms with Crippen LogP contribution < -0.4 is 10.1 Å². The number of benzene rings is 2. The van der Waals surface area contributed by atoms with Crippen molar-refractivity contribution in [1.29, 1.82) is 0 Å². The second-order valence-corrected chi connectivity index (χ2v) is 11.8. The fraction of sp³-hybridized carbons (Fsp3) is 0.429. The number of nitrogens with zero attached hydrogens (tertiary/aromatic N) is 3. The highest BCUT2D eigenvalue weighted by molar-refractivity contribution is 6.05. The number of hydrogen-bond acceptors (Lipinski definition) is 7. The number of aliphatic hydroxyl groups excluding tert-OH is 1. The second-order valence-electron chi connectivity index (χ2n) is 11.8. The van der Waals surface area contributed by atoms with Crippen molar-refractivity contribution in [3.8, 4) is 5.75 Å². The molecule has 0 saturated heterocycles. The predicted octanol–water partition coefficient (Wildman–Crippen LogP) is 4.90. The summed E-state index contributed by atoms with van der Waals surface area (Å²) in [5, 5.41) is 13.1. The molecule has 4 atom stereocenters. The topological polar surface area (TPSA) is 121 Å². The number of anilines is 1.